The van der Waals surface area contributed by atoms with Crippen molar-refractivity contribution in [3.8, 4) is 0 Å². The zero-order valence-electron chi connectivity index (χ0n) is 21.1. The van der Waals surface area contributed by atoms with Gasteiger partial charge in [0.2, 0.25) is 0 Å². The van der Waals surface area contributed by atoms with Crippen LogP contribution in [0.4, 0.5) is 0 Å². The lowest BCUT2D eigenvalue weighted by Gasteiger charge is -2.03. The fourth-order valence-electron chi connectivity index (χ4n) is 3.76. The minimum Gasteiger partial charge on any atom is -0.481 e. The summed E-state index contributed by atoms with van der Waals surface area (Å²) < 4.78 is 0. The van der Waals surface area contributed by atoms with Gasteiger partial charge < -0.3 is 5.11 Å². The van der Waals surface area contributed by atoms with Crippen molar-refractivity contribution in [2.45, 2.75) is 135 Å². The number of hydrogen-bond acceptors (Lipinski definition) is 1. The second-order valence-electron chi connectivity index (χ2n) is 8.88. The molecule has 0 amide bonds. The van der Waals surface area contributed by atoms with E-state index in [9.17, 15) is 4.79 Å². The number of unbranched alkanes of at least 4 members (excludes halogenated alkanes) is 14. The monoisotopic (exact) mass is 444 g/mol. The average Bonchev–Trinajstić information content (AvgIpc) is 2.78. The molecule has 0 saturated heterocycles. The van der Waals surface area contributed by atoms with Gasteiger partial charge in [0.25, 0.3) is 0 Å². The number of allylic oxidation sites excluding steroid dienone is 8. The molecule has 0 fully saturated rings. The van der Waals surface area contributed by atoms with Crippen LogP contribution >= 0.6 is 0 Å². The molecule has 2 heteroatoms. The fraction of sp³-hybridized carbons (Fsp3) is 0.700. The lowest BCUT2D eigenvalue weighted by Crippen LogP contribution is -1.93. The average molecular weight is 445 g/mol. The van der Waals surface area contributed by atoms with Gasteiger partial charge in [-0.3, -0.25) is 4.79 Å². The highest BCUT2D eigenvalue weighted by Crippen LogP contribution is 2.13. The molecule has 0 aliphatic carbocycles. The van der Waals surface area contributed by atoms with Crippen LogP contribution in [-0.4, -0.2) is 11.1 Å². The Hall–Kier alpha value is -1.57. The van der Waals surface area contributed by atoms with E-state index in [1.807, 2.05) is 0 Å². The van der Waals surface area contributed by atoms with Crippen molar-refractivity contribution < 1.29 is 9.90 Å². The van der Waals surface area contributed by atoms with Gasteiger partial charge in [-0.25, -0.2) is 0 Å². The molecule has 0 aromatic heterocycles. The third kappa shape index (κ3) is 28.4. The van der Waals surface area contributed by atoms with Crippen LogP contribution < -0.4 is 0 Å². The first kappa shape index (κ1) is 30.4. The molecular weight excluding hydrogens is 392 g/mol. The van der Waals surface area contributed by atoms with Crippen LogP contribution in [0, 0.1) is 0 Å². The summed E-state index contributed by atoms with van der Waals surface area (Å²) in [7, 11) is 0. The van der Waals surface area contributed by atoms with Crippen LogP contribution in [0.2, 0.25) is 0 Å². The quantitative estimate of drug-likeness (QED) is 0.119. The molecule has 0 saturated carbocycles. The maximum atomic E-state index is 10.4. The lowest BCUT2D eigenvalue weighted by molar-refractivity contribution is -0.137. The number of hydrogen-bond donors (Lipinski definition) is 1. The fourth-order valence-corrected chi connectivity index (χ4v) is 3.76. The minimum atomic E-state index is -0.657. The van der Waals surface area contributed by atoms with Gasteiger partial charge in [0, 0.05) is 6.42 Å². The predicted octanol–water partition coefficient (Wildman–Crippen LogP) is 10.1. The van der Waals surface area contributed by atoms with Crippen molar-refractivity contribution in [2.75, 3.05) is 0 Å². The van der Waals surface area contributed by atoms with Crippen LogP contribution in [-0.2, 0) is 4.79 Å². The van der Waals surface area contributed by atoms with E-state index in [4.69, 9.17) is 5.11 Å². The van der Waals surface area contributed by atoms with Gasteiger partial charge in [-0.1, -0.05) is 133 Å². The van der Waals surface area contributed by atoms with E-state index >= 15 is 0 Å². The summed E-state index contributed by atoms with van der Waals surface area (Å²) in [5.74, 6) is -0.657. The molecule has 0 aliphatic rings. The third-order valence-electron chi connectivity index (χ3n) is 5.73. The minimum absolute atomic E-state index is 0.338. The Morgan fingerprint density at radius 3 is 1.25 bits per heavy atom. The van der Waals surface area contributed by atoms with E-state index in [0.29, 0.717) is 6.42 Å². The third-order valence-corrected chi connectivity index (χ3v) is 5.73. The number of carboxylic acid groups (broad SMARTS) is 1. The highest BCUT2D eigenvalue weighted by molar-refractivity contribution is 5.66. The highest BCUT2D eigenvalue weighted by atomic mass is 16.4. The van der Waals surface area contributed by atoms with E-state index in [1.54, 1.807) is 0 Å². The van der Waals surface area contributed by atoms with Crippen molar-refractivity contribution in [2.24, 2.45) is 0 Å². The van der Waals surface area contributed by atoms with Gasteiger partial charge in [-0.15, -0.1) is 0 Å². The van der Waals surface area contributed by atoms with Crippen LogP contribution in [0.25, 0.3) is 0 Å². The standard InChI is InChI=1S/C30H52O2/c1-2-3-4-5-6-7-8-9-10-11-12-13-14-15-16-17-18-19-20-21-22-23-24-25-26-27-28-29-30(31)32/h3-4,6-7,9-10,12-13H,2,5,8,11,14-29H2,1H3,(H,31,32). The molecular formula is C30H52O2. The molecule has 0 unspecified atom stereocenters. The lowest BCUT2D eigenvalue weighted by atomic mass is 10.0. The molecule has 0 radical (unpaired) electrons. The smallest absolute Gasteiger partial charge is 0.303 e. The zero-order chi connectivity index (χ0) is 23.4. The van der Waals surface area contributed by atoms with Crippen molar-refractivity contribution in [1.29, 1.82) is 0 Å². The van der Waals surface area contributed by atoms with Crippen LogP contribution in [0.5, 0.6) is 0 Å². The SMILES string of the molecule is CCC=CCC=CCC=CCC=CCCCCCCCCCCCCCCCCC(=O)O. The topological polar surface area (TPSA) is 37.3 Å². The first-order valence-corrected chi connectivity index (χ1v) is 13.6. The number of rotatable bonds is 24. The number of carbonyl (C=O) groups is 1. The summed E-state index contributed by atoms with van der Waals surface area (Å²) in [4.78, 5) is 10.4. The largest absolute Gasteiger partial charge is 0.481 e. The van der Waals surface area contributed by atoms with Crippen LogP contribution in [0.3, 0.4) is 0 Å². The molecule has 2 nitrogen and oxygen atoms in total. The molecule has 184 valence electrons. The Balaban J connectivity index is 3.20. The summed E-state index contributed by atoms with van der Waals surface area (Å²) >= 11 is 0. The number of carboxylic acids is 1. The van der Waals surface area contributed by atoms with Gasteiger partial charge >= 0.3 is 5.97 Å². The molecule has 1 N–H and O–H groups in total. The maximum absolute atomic E-state index is 10.4. The summed E-state index contributed by atoms with van der Waals surface area (Å²) in [5, 5.41) is 8.60. The van der Waals surface area contributed by atoms with Crippen molar-refractivity contribution >= 4 is 5.97 Å². The van der Waals surface area contributed by atoms with Crippen molar-refractivity contribution in [1.82, 2.24) is 0 Å². The van der Waals surface area contributed by atoms with E-state index in [1.165, 1.54) is 83.5 Å². The Bertz CT molecular complexity index is 499. The number of aliphatic carboxylic acids is 1. The summed E-state index contributed by atoms with van der Waals surface area (Å²) in [5.41, 5.74) is 0. The van der Waals surface area contributed by atoms with Crippen molar-refractivity contribution in [3.05, 3.63) is 48.6 Å². The van der Waals surface area contributed by atoms with Crippen LogP contribution in [0.1, 0.15) is 135 Å². The van der Waals surface area contributed by atoms with Gasteiger partial charge in [0.05, 0.1) is 0 Å². The van der Waals surface area contributed by atoms with E-state index < -0.39 is 5.97 Å². The Morgan fingerprint density at radius 2 is 0.844 bits per heavy atom. The van der Waals surface area contributed by atoms with Crippen LogP contribution in [0.15, 0.2) is 48.6 Å². The Kier molecular flexibility index (Phi) is 26.1. The Morgan fingerprint density at radius 1 is 0.500 bits per heavy atom. The zero-order valence-corrected chi connectivity index (χ0v) is 21.1. The van der Waals surface area contributed by atoms with E-state index in [0.717, 1.165) is 38.5 Å². The molecule has 0 heterocycles. The molecule has 0 aromatic carbocycles. The second kappa shape index (κ2) is 27.5. The van der Waals surface area contributed by atoms with Gasteiger partial charge in [0.15, 0.2) is 0 Å². The molecule has 0 spiro atoms. The van der Waals surface area contributed by atoms with Gasteiger partial charge in [-0.2, -0.15) is 0 Å². The molecule has 0 bridgehead atoms. The van der Waals surface area contributed by atoms with Gasteiger partial charge in [0.1, 0.15) is 0 Å². The molecule has 0 rings (SSSR count). The summed E-state index contributed by atoms with van der Waals surface area (Å²) in [6, 6.07) is 0. The maximum Gasteiger partial charge on any atom is 0.303 e. The summed E-state index contributed by atoms with van der Waals surface area (Å²) in [6.07, 6.45) is 42.1. The molecule has 0 aromatic rings. The first-order chi connectivity index (χ1) is 15.8. The van der Waals surface area contributed by atoms with Gasteiger partial charge in [-0.05, 0) is 44.9 Å². The molecule has 0 aliphatic heterocycles. The van der Waals surface area contributed by atoms with E-state index in [-0.39, 0.29) is 0 Å². The Labute approximate surface area is 200 Å². The predicted molar refractivity (Wildman–Crippen MR) is 142 cm³/mol. The molecule has 0 atom stereocenters. The second-order valence-corrected chi connectivity index (χ2v) is 8.88. The molecule has 32 heavy (non-hydrogen) atoms. The summed E-state index contributed by atoms with van der Waals surface area (Å²) in [6.45, 7) is 2.17. The van der Waals surface area contributed by atoms with Crippen molar-refractivity contribution in [3.63, 3.8) is 0 Å². The highest BCUT2D eigenvalue weighted by Gasteiger charge is 1.97. The van der Waals surface area contributed by atoms with E-state index in [2.05, 4.69) is 55.5 Å². The first-order valence-electron chi connectivity index (χ1n) is 13.6. The normalized spacial score (nSPS) is 12.3.